The minimum Gasteiger partial charge on any atom is -0.481 e. The van der Waals surface area contributed by atoms with Gasteiger partial charge in [-0.1, -0.05) is 36.8 Å². The standard InChI is InChI=1S/C14H18O5S/c1-3-20(18,19)12-11(14(12,8-15)13(16)17)10-6-4-9(2)5-7-10/h4-7,11-12,15H,3,8H2,1-2H3,(H,16,17)/t11-,12+,14+/m0/s1. The first kappa shape index (κ1) is 15.0. The number of sulfone groups is 1. The largest absolute Gasteiger partial charge is 0.481 e. The third kappa shape index (κ3) is 2.03. The van der Waals surface area contributed by atoms with E-state index >= 15 is 0 Å². The Bertz CT molecular complexity index is 619. The molecule has 0 bridgehead atoms. The highest BCUT2D eigenvalue weighted by molar-refractivity contribution is 7.92. The van der Waals surface area contributed by atoms with Crippen LogP contribution in [-0.4, -0.2) is 42.2 Å². The lowest BCUT2D eigenvalue weighted by Gasteiger charge is -2.08. The van der Waals surface area contributed by atoms with Crippen LogP contribution in [0.25, 0.3) is 0 Å². The molecule has 2 N–H and O–H groups in total. The summed E-state index contributed by atoms with van der Waals surface area (Å²) in [5.41, 5.74) is 0.0488. The van der Waals surface area contributed by atoms with Crippen LogP contribution in [0.2, 0.25) is 0 Å². The van der Waals surface area contributed by atoms with Crippen LogP contribution in [-0.2, 0) is 14.6 Å². The first-order valence-electron chi connectivity index (χ1n) is 6.43. The first-order chi connectivity index (χ1) is 9.31. The van der Waals surface area contributed by atoms with Crippen LogP contribution in [0, 0.1) is 12.3 Å². The second-order valence-electron chi connectivity index (χ2n) is 5.26. The van der Waals surface area contributed by atoms with E-state index in [1.54, 1.807) is 12.1 Å². The summed E-state index contributed by atoms with van der Waals surface area (Å²) in [7, 11) is -3.54. The van der Waals surface area contributed by atoms with Crippen LogP contribution in [0.5, 0.6) is 0 Å². The van der Waals surface area contributed by atoms with Crippen molar-refractivity contribution < 1.29 is 23.4 Å². The number of aliphatic hydroxyl groups excluding tert-OH is 1. The van der Waals surface area contributed by atoms with Crippen molar-refractivity contribution in [3.8, 4) is 0 Å². The van der Waals surface area contributed by atoms with Crippen molar-refractivity contribution in [2.75, 3.05) is 12.4 Å². The monoisotopic (exact) mass is 298 g/mol. The summed E-state index contributed by atoms with van der Waals surface area (Å²) < 4.78 is 24.2. The van der Waals surface area contributed by atoms with Crippen molar-refractivity contribution in [2.24, 2.45) is 5.41 Å². The van der Waals surface area contributed by atoms with Crippen LogP contribution in [0.15, 0.2) is 24.3 Å². The lowest BCUT2D eigenvalue weighted by Crippen LogP contribution is -2.28. The van der Waals surface area contributed by atoms with Gasteiger partial charge < -0.3 is 10.2 Å². The molecule has 2 rings (SSSR count). The predicted octanol–water partition coefficient (Wildman–Crippen LogP) is 0.959. The first-order valence-corrected chi connectivity index (χ1v) is 8.15. The molecule has 0 radical (unpaired) electrons. The maximum absolute atomic E-state index is 12.1. The van der Waals surface area contributed by atoms with Crippen molar-refractivity contribution >= 4 is 15.8 Å². The van der Waals surface area contributed by atoms with Crippen molar-refractivity contribution in [1.82, 2.24) is 0 Å². The van der Waals surface area contributed by atoms with Gasteiger partial charge in [0.15, 0.2) is 9.84 Å². The van der Waals surface area contributed by atoms with E-state index in [2.05, 4.69) is 0 Å². The Morgan fingerprint density at radius 3 is 2.25 bits per heavy atom. The van der Waals surface area contributed by atoms with E-state index in [4.69, 9.17) is 0 Å². The van der Waals surface area contributed by atoms with Crippen LogP contribution >= 0.6 is 0 Å². The number of carboxylic acid groups (broad SMARTS) is 1. The minimum absolute atomic E-state index is 0.130. The molecule has 1 aromatic carbocycles. The number of carboxylic acids is 1. The number of aliphatic carboxylic acids is 1. The molecule has 0 unspecified atom stereocenters. The van der Waals surface area contributed by atoms with Gasteiger partial charge in [0.05, 0.1) is 11.9 Å². The summed E-state index contributed by atoms with van der Waals surface area (Å²) in [4.78, 5) is 11.5. The Balaban J connectivity index is 2.50. The summed E-state index contributed by atoms with van der Waals surface area (Å²) in [5.74, 6) is -2.07. The minimum atomic E-state index is -3.54. The third-order valence-corrected chi connectivity index (χ3v) is 6.41. The zero-order valence-corrected chi connectivity index (χ0v) is 12.2. The molecule has 1 fully saturated rings. The van der Waals surface area contributed by atoms with E-state index in [0.29, 0.717) is 5.56 Å². The van der Waals surface area contributed by atoms with Gasteiger partial charge in [-0.2, -0.15) is 0 Å². The number of benzene rings is 1. The summed E-state index contributed by atoms with van der Waals surface area (Å²) in [6.07, 6.45) is 0. The van der Waals surface area contributed by atoms with Gasteiger partial charge in [-0.05, 0) is 12.5 Å². The fourth-order valence-electron chi connectivity index (χ4n) is 2.87. The molecule has 1 aliphatic carbocycles. The zero-order valence-electron chi connectivity index (χ0n) is 11.4. The normalized spacial score (nSPS) is 29.1. The van der Waals surface area contributed by atoms with Gasteiger partial charge in [0.2, 0.25) is 0 Å². The highest BCUT2D eigenvalue weighted by atomic mass is 32.2. The predicted molar refractivity (Wildman–Crippen MR) is 74.3 cm³/mol. The Kier molecular flexibility index (Phi) is 3.64. The third-order valence-electron chi connectivity index (χ3n) is 4.14. The van der Waals surface area contributed by atoms with Gasteiger partial charge in [-0.15, -0.1) is 0 Å². The highest BCUT2D eigenvalue weighted by Gasteiger charge is 2.75. The molecular formula is C14H18O5S. The van der Waals surface area contributed by atoms with Gasteiger partial charge in [-0.25, -0.2) is 8.42 Å². The lowest BCUT2D eigenvalue weighted by atomic mass is 9.99. The van der Waals surface area contributed by atoms with Gasteiger partial charge in [0.1, 0.15) is 5.41 Å². The molecule has 1 aliphatic rings. The van der Waals surface area contributed by atoms with Crippen LogP contribution in [0.3, 0.4) is 0 Å². The summed E-state index contributed by atoms with van der Waals surface area (Å²) in [5, 5.41) is 17.8. The molecular weight excluding hydrogens is 280 g/mol. The van der Waals surface area contributed by atoms with Gasteiger partial charge in [0, 0.05) is 11.7 Å². The summed E-state index contributed by atoms with van der Waals surface area (Å²) in [6, 6.07) is 7.09. The Hall–Kier alpha value is -1.40. The van der Waals surface area contributed by atoms with E-state index in [-0.39, 0.29) is 5.75 Å². The van der Waals surface area contributed by atoms with E-state index < -0.39 is 39.0 Å². The number of hydrogen-bond acceptors (Lipinski definition) is 4. The molecule has 5 nitrogen and oxygen atoms in total. The molecule has 0 amide bonds. The van der Waals surface area contributed by atoms with Crippen molar-refractivity contribution in [3.63, 3.8) is 0 Å². The molecule has 110 valence electrons. The number of aliphatic hydroxyl groups is 1. The second-order valence-corrected chi connectivity index (χ2v) is 7.68. The fraction of sp³-hybridized carbons (Fsp3) is 0.500. The van der Waals surface area contributed by atoms with Crippen LogP contribution < -0.4 is 0 Å². The Morgan fingerprint density at radius 1 is 1.30 bits per heavy atom. The summed E-state index contributed by atoms with van der Waals surface area (Å²) in [6.45, 7) is 2.71. The molecule has 3 atom stereocenters. The average Bonchev–Trinajstić information content (AvgIpc) is 3.11. The van der Waals surface area contributed by atoms with Crippen molar-refractivity contribution in [2.45, 2.75) is 25.0 Å². The molecule has 0 heterocycles. The Morgan fingerprint density at radius 2 is 1.85 bits per heavy atom. The van der Waals surface area contributed by atoms with Crippen molar-refractivity contribution in [1.29, 1.82) is 0 Å². The smallest absolute Gasteiger partial charge is 0.314 e. The molecule has 1 aromatic rings. The molecule has 6 heteroatoms. The molecule has 0 spiro atoms. The van der Waals surface area contributed by atoms with Gasteiger partial charge in [-0.3, -0.25) is 4.79 Å². The maximum atomic E-state index is 12.1. The number of rotatable bonds is 5. The summed E-state index contributed by atoms with van der Waals surface area (Å²) >= 11 is 0. The topological polar surface area (TPSA) is 91.7 Å². The number of hydrogen-bond donors (Lipinski definition) is 2. The van der Waals surface area contributed by atoms with E-state index in [1.165, 1.54) is 6.92 Å². The zero-order chi connectivity index (χ0) is 15.1. The van der Waals surface area contributed by atoms with Crippen molar-refractivity contribution in [3.05, 3.63) is 35.4 Å². The number of aryl methyl sites for hydroxylation is 1. The fourth-order valence-corrected chi connectivity index (χ4v) is 4.93. The van der Waals surface area contributed by atoms with Gasteiger partial charge >= 0.3 is 5.97 Å². The highest BCUT2D eigenvalue weighted by Crippen LogP contribution is 2.63. The average molecular weight is 298 g/mol. The molecule has 0 saturated heterocycles. The van der Waals surface area contributed by atoms with E-state index in [0.717, 1.165) is 5.56 Å². The second kappa shape index (κ2) is 4.86. The molecule has 20 heavy (non-hydrogen) atoms. The van der Waals surface area contributed by atoms with E-state index in [1.807, 2.05) is 19.1 Å². The lowest BCUT2D eigenvalue weighted by molar-refractivity contribution is -0.145. The SMILES string of the molecule is CCS(=O)(=O)[C@@H]1[C@H](c2ccc(C)cc2)[C@@]1(CO)C(=O)O. The molecule has 0 aliphatic heterocycles. The van der Waals surface area contributed by atoms with Crippen LogP contribution in [0.4, 0.5) is 0 Å². The maximum Gasteiger partial charge on any atom is 0.314 e. The Labute approximate surface area is 118 Å². The van der Waals surface area contributed by atoms with Crippen LogP contribution in [0.1, 0.15) is 24.0 Å². The number of carbonyl (C=O) groups is 1. The van der Waals surface area contributed by atoms with E-state index in [9.17, 15) is 23.4 Å². The quantitative estimate of drug-likeness (QED) is 0.844. The molecule has 1 saturated carbocycles. The molecule has 0 aromatic heterocycles. The van der Waals surface area contributed by atoms with Gasteiger partial charge in [0.25, 0.3) is 0 Å².